The van der Waals surface area contributed by atoms with Gasteiger partial charge in [0.25, 0.3) is 5.91 Å². The summed E-state index contributed by atoms with van der Waals surface area (Å²) in [5.74, 6) is 2.43. The molecule has 1 aromatic heterocycles. The Balaban J connectivity index is 1.61. The Morgan fingerprint density at radius 2 is 2.24 bits per heavy atom. The van der Waals surface area contributed by atoms with E-state index < -0.39 is 0 Å². The Morgan fingerprint density at radius 3 is 2.90 bits per heavy atom. The third-order valence-corrected chi connectivity index (χ3v) is 4.45. The van der Waals surface area contributed by atoms with Crippen LogP contribution in [0.4, 0.5) is 0 Å². The second-order valence-corrected chi connectivity index (χ2v) is 7.08. The molecule has 1 N–H and O–H groups in total. The van der Waals surface area contributed by atoms with Gasteiger partial charge < -0.3 is 14.7 Å². The molecule has 5 heteroatoms. The highest BCUT2D eigenvalue weighted by Crippen LogP contribution is 2.40. The number of carbonyl (C=O) groups excluding carboxylic acids is 1. The fourth-order valence-electron chi connectivity index (χ4n) is 3.29. The number of hydrogen-bond donors (Lipinski definition) is 1. The molecule has 2 fully saturated rings. The van der Waals surface area contributed by atoms with E-state index in [0.717, 1.165) is 38.1 Å². The Morgan fingerprint density at radius 1 is 1.48 bits per heavy atom. The molecule has 2 atom stereocenters. The lowest BCUT2D eigenvalue weighted by molar-refractivity contribution is 0.0918. The number of hydrogen-bond acceptors (Lipinski definition) is 4. The highest BCUT2D eigenvalue weighted by atomic mass is 16.5. The van der Waals surface area contributed by atoms with Crippen molar-refractivity contribution in [1.29, 1.82) is 0 Å². The van der Waals surface area contributed by atoms with E-state index in [-0.39, 0.29) is 11.9 Å². The van der Waals surface area contributed by atoms with Gasteiger partial charge in [0.1, 0.15) is 5.76 Å². The minimum atomic E-state index is -0.0975. The van der Waals surface area contributed by atoms with Crippen molar-refractivity contribution >= 4 is 5.91 Å². The fraction of sp³-hybridized carbons (Fsp3) is 0.750. The number of carbonyl (C=O) groups is 1. The average Bonchev–Trinajstić information content (AvgIpc) is 3.04. The van der Waals surface area contributed by atoms with Crippen molar-refractivity contribution in [2.75, 3.05) is 20.1 Å². The summed E-state index contributed by atoms with van der Waals surface area (Å²) < 4.78 is 5.27. The van der Waals surface area contributed by atoms with E-state index in [9.17, 15) is 4.79 Å². The Labute approximate surface area is 126 Å². The van der Waals surface area contributed by atoms with Crippen molar-refractivity contribution in [3.8, 4) is 0 Å². The molecule has 1 saturated carbocycles. The van der Waals surface area contributed by atoms with Gasteiger partial charge in [-0.2, -0.15) is 0 Å². The molecular weight excluding hydrogens is 266 g/mol. The average molecular weight is 291 g/mol. The normalized spacial score (nSPS) is 26.5. The largest absolute Gasteiger partial charge is 0.360 e. The van der Waals surface area contributed by atoms with Gasteiger partial charge in [0.2, 0.25) is 0 Å². The van der Waals surface area contributed by atoms with Crippen molar-refractivity contribution in [1.82, 2.24) is 15.4 Å². The fourth-order valence-corrected chi connectivity index (χ4v) is 3.29. The van der Waals surface area contributed by atoms with E-state index >= 15 is 0 Å². The van der Waals surface area contributed by atoms with Crippen LogP contribution in [-0.4, -0.2) is 42.1 Å². The zero-order chi connectivity index (χ0) is 15.0. The zero-order valence-corrected chi connectivity index (χ0v) is 13.1. The summed E-state index contributed by atoms with van der Waals surface area (Å²) in [6.45, 7) is 6.43. The predicted octanol–water partition coefficient (Wildman–Crippen LogP) is 2.26. The molecule has 1 aliphatic carbocycles. The summed E-state index contributed by atoms with van der Waals surface area (Å²) in [5.41, 5.74) is 0.426. The van der Waals surface area contributed by atoms with Crippen LogP contribution in [0, 0.1) is 11.8 Å². The molecule has 2 heterocycles. The summed E-state index contributed by atoms with van der Waals surface area (Å²) in [6.07, 6.45) is 3.45. The highest BCUT2D eigenvalue weighted by molar-refractivity contribution is 5.92. The lowest BCUT2D eigenvalue weighted by Crippen LogP contribution is -2.40. The Kier molecular flexibility index (Phi) is 4.02. The van der Waals surface area contributed by atoms with Gasteiger partial charge in [0.05, 0.1) is 0 Å². The van der Waals surface area contributed by atoms with Gasteiger partial charge in [-0.1, -0.05) is 19.0 Å². The van der Waals surface area contributed by atoms with Gasteiger partial charge in [-0.25, -0.2) is 0 Å². The van der Waals surface area contributed by atoms with Crippen LogP contribution in [0.5, 0.6) is 0 Å². The number of nitrogens with one attached hydrogen (secondary N) is 1. The van der Waals surface area contributed by atoms with Crippen LogP contribution < -0.4 is 5.32 Å². The molecule has 116 valence electrons. The maximum absolute atomic E-state index is 12.3. The van der Waals surface area contributed by atoms with Gasteiger partial charge in [0.15, 0.2) is 5.69 Å². The molecule has 1 aliphatic heterocycles. The van der Waals surface area contributed by atoms with Crippen LogP contribution in [0.2, 0.25) is 0 Å². The molecule has 0 bridgehead atoms. The van der Waals surface area contributed by atoms with Crippen LogP contribution in [0.25, 0.3) is 0 Å². The quantitative estimate of drug-likeness (QED) is 0.904. The van der Waals surface area contributed by atoms with E-state index in [1.807, 2.05) is 6.07 Å². The standard InChI is InChI=1S/C16H25N3O2/c1-10(2)6-12-8-19(3)9-14(12)17-16(20)13-7-15(21-18-13)11-4-5-11/h7,10-12,14H,4-6,8-9H2,1-3H3,(H,17,20). The first-order chi connectivity index (χ1) is 10.0. The first kappa shape index (κ1) is 14.6. The van der Waals surface area contributed by atoms with Crippen LogP contribution in [0.15, 0.2) is 10.6 Å². The van der Waals surface area contributed by atoms with Crippen LogP contribution in [0.1, 0.15) is 55.3 Å². The summed E-state index contributed by atoms with van der Waals surface area (Å²) in [7, 11) is 2.11. The first-order valence-corrected chi connectivity index (χ1v) is 7.99. The molecular formula is C16H25N3O2. The van der Waals surface area contributed by atoms with Crippen molar-refractivity contribution in [2.45, 2.75) is 45.1 Å². The van der Waals surface area contributed by atoms with Crippen LogP contribution in [-0.2, 0) is 0 Å². The molecule has 1 amide bonds. The van der Waals surface area contributed by atoms with Gasteiger partial charge in [-0.3, -0.25) is 4.79 Å². The molecule has 21 heavy (non-hydrogen) atoms. The van der Waals surface area contributed by atoms with Crippen molar-refractivity contribution < 1.29 is 9.32 Å². The van der Waals surface area contributed by atoms with Crippen LogP contribution >= 0.6 is 0 Å². The lowest BCUT2D eigenvalue weighted by atomic mass is 9.93. The summed E-state index contributed by atoms with van der Waals surface area (Å²) >= 11 is 0. The molecule has 0 spiro atoms. The van der Waals surface area contributed by atoms with Gasteiger partial charge >= 0.3 is 0 Å². The monoisotopic (exact) mass is 291 g/mol. The molecule has 2 aliphatic rings. The van der Waals surface area contributed by atoms with E-state index in [0.29, 0.717) is 23.4 Å². The molecule has 0 radical (unpaired) electrons. The van der Waals surface area contributed by atoms with Crippen molar-refractivity contribution in [3.63, 3.8) is 0 Å². The predicted molar refractivity (Wildman–Crippen MR) is 80.2 cm³/mol. The van der Waals surface area contributed by atoms with Crippen molar-refractivity contribution in [3.05, 3.63) is 17.5 Å². The number of amides is 1. The smallest absolute Gasteiger partial charge is 0.273 e. The van der Waals surface area contributed by atoms with E-state index in [2.05, 4.69) is 36.3 Å². The van der Waals surface area contributed by atoms with Crippen LogP contribution in [0.3, 0.4) is 0 Å². The highest BCUT2D eigenvalue weighted by Gasteiger charge is 2.34. The van der Waals surface area contributed by atoms with Gasteiger partial charge in [-0.05, 0) is 38.1 Å². The molecule has 1 aromatic rings. The van der Waals surface area contributed by atoms with Crippen molar-refractivity contribution in [2.24, 2.45) is 11.8 Å². The summed E-state index contributed by atoms with van der Waals surface area (Å²) in [5, 5.41) is 7.07. The summed E-state index contributed by atoms with van der Waals surface area (Å²) in [4.78, 5) is 14.6. The Bertz CT molecular complexity index is 507. The third-order valence-electron chi connectivity index (χ3n) is 4.45. The van der Waals surface area contributed by atoms with E-state index in [1.165, 1.54) is 0 Å². The number of rotatable bonds is 5. The zero-order valence-electron chi connectivity index (χ0n) is 13.1. The number of aromatic nitrogens is 1. The molecule has 2 unspecified atom stereocenters. The minimum absolute atomic E-state index is 0.0975. The van der Waals surface area contributed by atoms with E-state index in [1.54, 1.807) is 0 Å². The minimum Gasteiger partial charge on any atom is -0.360 e. The molecule has 1 saturated heterocycles. The third kappa shape index (κ3) is 3.46. The maximum Gasteiger partial charge on any atom is 0.273 e. The lowest BCUT2D eigenvalue weighted by Gasteiger charge is -2.20. The second kappa shape index (κ2) is 5.79. The number of nitrogens with zero attached hydrogens (tertiary/aromatic N) is 2. The maximum atomic E-state index is 12.3. The topological polar surface area (TPSA) is 58.4 Å². The van der Waals surface area contributed by atoms with E-state index in [4.69, 9.17) is 4.52 Å². The second-order valence-electron chi connectivity index (χ2n) is 7.08. The molecule has 0 aromatic carbocycles. The van der Waals surface area contributed by atoms with Gasteiger partial charge in [-0.15, -0.1) is 0 Å². The number of likely N-dealkylation sites (N-methyl/N-ethyl adjacent to an activating group) is 1. The molecule has 3 rings (SSSR count). The number of likely N-dealkylation sites (tertiary alicyclic amines) is 1. The Hall–Kier alpha value is -1.36. The molecule has 5 nitrogen and oxygen atoms in total. The summed E-state index contributed by atoms with van der Waals surface area (Å²) in [6, 6.07) is 2.02. The first-order valence-electron chi connectivity index (χ1n) is 7.99. The van der Waals surface area contributed by atoms with Gasteiger partial charge in [0, 0.05) is 31.1 Å². The SMILES string of the molecule is CC(C)CC1CN(C)CC1NC(=O)c1cc(C2CC2)on1.